The Bertz CT molecular complexity index is 867. The number of rotatable bonds is 6. The molecule has 0 N–H and O–H groups in total. The van der Waals surface area contributed by atoms with E-state index in [0.717, 1.165) is 24.2 Å². The first-order valence-electron chi connectivity index (χ1n) is 11.5. The van der Waals surface area contributed by atoms with Crippen LogP contribution in [0.25, 0.3) is 0 Å². The molecule has 0 spiro atoms. The Morgan fingerprint density at radius 1 is 1.06 bits per heavy atom. The molecule has 1 aromatic heterocycles. The molecule has 1 saturated carbocycles. The van der Waals surface area contributed by atoms with Gasteiger partial charge in [0.15, 0.2) is 5.76 Å². The van der Waals surface area contributed by atoms with Gasteiger partial charge in [0.1, 0.15) is 11.6 Å². The second-order valence-corrected chi connectivity index (χ2v) is 9.06. The second-order valence-electron chi connectivity index (χ2n) is 9.06. The van der Waals surface area contributed by atoms with Crippen molar-refractivity contribution < 1.29 is 18.3 Å². The zero-order chi connectivity index (χ0) is 21.8. The maximum Gasteiger partial charge on any atom is 0.289 e. The first-order valence-corrected chi connectivity index (χ1v) is 11.5. The summed E-state index contributed by atoms with van der Waals surface area (Å²) in [5, 5.41) is 0. The fourth-order valence-corrected chi connectivity index (χ4v) is 4.91. The van der Waals surface area contributed by atoms with E-state index in [-0.39, 0.29) is 23.9 Å². The molecule has 2 fully saturated rings. The average Bonchev–Trinajstić information content (AvgIpc) is 3.21. The number of amides is 1. The number of carbonyl (C=O) groups excluding carboxylic acids is 1. The number of hydrogen-bond donors (Lipinski definition) is 0. The van der Waals surface area contributed by atoms with Gasteiger partial charge in [-0.05, 0) is 56.5 Å². The van der Waals surface area contributed by atoms with Crippen LogP contribution in [-0.4, -0.2) is 47.0 Å². The summed E-state index contributed by atoms with van der Waals surface area (Å²) in [5.74, 6) is 0.869. The van der Waals surface area contributed by atoms with Crippen LogP contribution in [0.1, 0.15) is 67.8 Å². The Hall–Kier alpha value is -2.18. The number of furan rings is 1. The molecule has 2 aliphatic rings. The number of hydrogen-bond acceptors (Lipinski definition) is 4. The third-order valence-electron chi connectivity index (χ3n) is 6.30. The molecule has 1 amide bonds. The Labute approximate surface area is 184 Å². The average molecular weight is 429 g/mol. The number of halogens is 1. The summed E-state index contributed by atoms with van der Waals surface area (Å²) < 4.78 is 25.5. The van der Waals surface area contributed by atoms with E-state index in [4.69, 9.17) is 9.15 Å². The molecule has 1 aliphatic carbocycles. The summed E-state index contributed by atoms with van der Waals surface area (Å²) in [6.07, 6.45) is 6.06. The largest absolute Gasteiger partial charge is 0.455 e. The predicted octanol–water partition coefficient (Wildman–Crippen LogP) is 5.00. The van der Waals surface area contributed by atoms with E-state index >= 15 is 0 Å². The summed E-state index contributed by atoms with van der Waals surface area (Å²) in [7, 11) is 0. The first kappa shape index (κ1) is 22.0. The predicted molar refractivity (Wildman–Crippen MR) is 117 cm³/mol. The van der Waals surface area contributed by atoms with Crippen molar-refractivity contribution in [3.63, 3.8) is 0 Å². The molecule has 2 unspecified atom stereocenters. The lowest BCUT2D eigenvalue weighted by Gasteiger charge is -2.35. The SMILES string of the molecule is CC1CN(C(=O)c2ccc(CN(Cc3cccc(F)c3)C3CCCCC3)o2)CC(C)O1. The van der Waals surface area contributed by atoms with Crippen molar-refractivity contribution in [2.45, 2.75) is 77.3 Å². The van der Waals surface area contributed by atoms with Gasteiger partial charge in [-0.15, -0.1) is 0 Å². The molecular weight excluding hydrogens is 395 g/mol. The summed E-state index contributed by atoms with van der Waals surface area (Å²) in [4.78, 5) is 17.1. The van der Waals surface area contributed by atoms with Crippen molar-refractivity contribution in [2.75, 3.05) is 13.1 Å². The van der Waals surface area contributed by atoms with Crippen molar-refractivity contribution in [3.05, 3.63) is 59.3 Å². The van der Waals surface area contributed by atoms with Gasteiger partial charge in [-0.2, -0.15) is 0 Å². The highest BCUT2D eigenvalue weighted by Gasteiger charge is 2.29. The van der Waals surface area contributed by atoms with Crippen LogP contribution in [0.2, 0.25) is 0 Å². The highest BCUT2D eigenvalue weighted by Crippen LogP contribution is 2.27. The van der Waals surface area contributed by atoms with E-state index < -0.39 is 0 Å². The maximum absolute atomic E-state index is 13.7. The van der Waals surface area contributed by atoms with Crippen molar-refractivity contribution in [1.82, 2.24) is 9.80 Å². The molecule has 6 heteroatoms. The van der Waals surface area contributed by atoms with E-state index in [1.54, 1.807) is 18.2 Å². The molecule has 2 aromatic rings. The van der Waals surface area contributed by atoms with Crippen LogP contribution >= 0.6 is 0 Å². The van der Waals surface area contributed by atoms with Crippen molar-refractivity contribution >= 4 is 5.91 Å². The number of ether oxygens (including phenoxy) is 1. The van der Waals surface area contributed by atoms with Crippen molar-refractivity contribution in [3.8, 4) is 0 Å². The lowest BCUT2D eigenvalue weighted by atomic mass is 9.93. The van der Waals surface area contributed by atoms with Crippen LogP contribution in [0.15, 0.2) is 40.8 Å². The summed E-state index contributed by atoms with van der Waals surface area (Å²) in [6.45, 7) is 6.41. The molecule has 1 aromatic carbocycles. The minimum Gasteiger partial charge on any atom is -0.455 e. The van der Waals surface area contributed by atoms with Gasteiger partial charge in [-0.1, -0.05) is 31.4 Å². The minimum absolute atomic E-state index is 0.0233. The molecule has 0 radical (unpaired) electrons. The molecule has 5 nitrogen and oxygen atoms in total. The van der Waals surface area contributed by atoms with Crippen LogP contribution < -0.4 is 0 Å². The smallest absolute Gasteiger partial charge is 0.289 e. The lowest BCUT2D eigenvalue weighted by molar-refractivity contribution is -0.0592. The van der Waals surface area contributed by atoms with E-state index in [0.29, 0.717) is 38.0 Å². The second kappa shape index (κ2) is 9.96. The third-order valence-corrected chi connectivity index (χ3v) is 6.30. The molecular formula is C25H33FN2O3. The normalized spacial score (nSPS) is 22.8. The third kappa shape index (κ3) is 5.74. The van der Waals surface area contributed by atoms with Crippen molar-refractivity contribution in [1.29, 1.82) is 0 Å². The zero-order valence-electron chi connectivity index (χ0n) is 18.6. The summed E-state index contributed by atoms with van der Waals surface area (Å²) in [5.41, 5.74) is 0.963. The quantitative estimate of drug-likeness (QED) is 0.649. The highest BCUT2D eigenvalue weighted by atomic mass is 19.1. The van der Waals surface area contributed by atoms with Gasteiger partial charge in [-0.25, -0.2) is 4.39 Å². The van der Waals surface area contributed by atoms with Gasteiger partial charge >= 0.3 is 0 Å². The monoisotopic (exact) mass is 428 g/mol. The molecule has 0 bridgehead atoms. The van der Waals surface area contributed by atoms with Gasteiger partial charge in [-0.3, -0.25) is 9.69 Å². The van der Waals surface area contributed by atoms with E-state index in [9.17, 15) is 9.18 Å². The van der Waals surface area contributed by atoms with Gasteiger partial charge < -0.3 is 14.1 Å². The summed E-state index contributed by atoms with van der Waals surface area (Å²) in [6, 6.07) is 10.9. The fourth-order valence-electron chi connectivity index (χ4n) is 4.91. The zero-order valence-corrected chi connectivity index (χ0v) is 18.6. The molecule has 1 saturated heterocycles. The van der Waals surface area contributed by atoms with E-state index in [2.05, 4.69) is 4.90 Å². The van der Waals surface area contributed by atoms with Crippen LogP contribution in [0, 0.1) is 5.82 Å². The van der Waals surface area contributed by atoms with Gasteiger partial charge in [0, 0.05) is 25.7 Å². The van der Waals surface area contributed by atoms with Gasteiger partial charge in [0.2, 0.25) is 0 Å². The standard InChI is InChI=1S/C25H33FN2O3/c1-18-14-28(15-19(2)30-18)25(29)24-12-11-23(31-24)17-27(22-9-4-3-5-10-22)16-20-7-6-8-21(26)13-20/h6-8,11-13,18-19,22H,3-5,9-10,14-17H2,1-2H3. The van der Waals surface area contributed by atoms with Crippen LogP contribution in [0.5, 0.6) is 0 Å². The molecule has 1 aliphatic heterocycles. The minimum atomic E-state index is -0.207. The highest BCUT2D eigenvalue weighted by molar-refractivity contribution is 5.91. The summed E-state index contributed by atoms with van der Waals surface area (Å²) >= 11 is 0. The van der Waals surface area contributed by atoms with Crippen LogP contribution in [0.4, 0.5) is 4.39 Å². The van der Waals surface area contributed by atoms with Crippen LogP contribution in [-0.2, 0) is 17.8 Å². The maximum atomic E-state index is 13.7. The molecule has 2 heterocycles. The first-order chi connectivity index (χ1) is 15.0. The molecule has 31 heavy (non-hydrogen) atoms. The Balaban J connectivity index is 1.46. The molecule has 4 rings (SSSR count). The van der Waals surface area contributed by atoms with E-state index in [1.165, 1.54) is 25.3 Å². The van der Waals surface area contributed by atoms with Crippen LogP contribution in [0.3, 0.4) is 0 Å². The number of benzene rings is 1. The Kier molecular flexibility index (Phi) is 7.08. The van der Waals surface area contributed by atoms with Gasteiger partial charge in [0.05, 0.1) is 18.8 Å². The lowest BCUT2D eigenvalue weighted by Crippen LogP contribution is -2.48. The Morgan fingerprint density at radius 3 is 2.52 bits per heavy atom. The van der Waals surface area contributed by atoms with E-state index in [1.807, 2.05) is 30.9 Å². The number of morpholine rings is 1. The molecule has 168 valence electrons. The Morgan fingerprint density at radius 2 is 1.81 bits per heavy atom. The number of carbonyl (C=O) groups is 1. The topological polar surface area (TPSA) is 45.9 Å². The molecule has 2 atom stereocenters. The fraction of sp³-hybridized carbons (Fsp3) is 0.560. The van der Waals surface area contributed by atoms with Crippen molar-refractivity contribution in [2.24, 2.45) is 0 Å². The van der Waals surface area contributed by atoms with Gasteiger partial charge in [0.25, 0.3) is 5.91 Å². The number of nitrogens with zero attached hydrogens (tertiary/aromatic N) is 2.